The molecule has 1 radical (unpaired) electrons. The number of pyridine rings is 1. The van der Waals surface area contributed by atoms with Crippen molar-refractivity contribution in [3.63, 3.8) is 0 Å². The number of piperidine rings is 1. The summed E-state index contributed by atoms with van der Waals surface area (Å²) in [5, 5.41) is 10.3. The van der Waals surface area contributed by atoms with Gasteiger partial charge in [-0.3, -0.25) is 4.68 Å². The van der Waals surface area contributed by atoms with E-state index < -0.39 is 0 Å². The van der Waals surface area contributed by atoms with Gasteiger partial charge in [0.25, 0.3) is 0 Å². The van der Waals surface area contributed by atoms with E-state index in [0.29, 0.717) is 6.04 Å². The molecule has 1 aliphatic rings. The Hall–Kier alpha value is -3.38. The molecule has 6 nitrogen and oxygen atoms in total. The van der Waals surface area contributed by atoms with E-state index in [2.05, 4.69) is 63.5 Å². The fourth-order valence-electron chi connectivity index (χ4n) is 4.25. The molecule has 3 heterocycles. The van der Waals surface area contributed by atoms with Crippen LogP contribution in [-0.2, 0) is 0 Å². The summed E-state index contributed by atoms with van der Waals surface area (Å²) in [6.45, 7) is 2.24. The molecule has 0 saturated carbocycles. The van der Waals surface area contributed by atoms with Crippen LogP contribution in [0.2, 0.25) is 0 Å². The second-order valence-corrected chi connectivity index (χ2v) is 8.09. The van der Waals surface area contributed by atoms with Crippen LogP contribution in [0.5, 0.6) is 5.75 Å². The smallest absolute Gasteiger partial charge is 0.142 e. The summed E-state index contributed by atoms with van der Waals surface area (Å²) in [6, 6.07) is 17.5. The first-order valence-electron chi connectivity index (χ1n) is 10.6. The first kappa shape index (κ1) is 19.6. The average molecular weight is 413 g/mol. The lowest BCUT2D eigenvalue weighted by molar-refractivity contribution is 0.212. The van der Waals surface area contributed by atoms with E-state index in [9.17, 15) is 0 Å². The third kappa shape index (κ3) is 3.99. The molecule has 1 fully saturated rings. The second-order valence-electron chi connectivity index (χ2n) is 8.09. The zero-order valence-corrected chi connectivity index (χ0v) is 17.9. The topological polar surface area (TPSA) is 55.2 Å². The number of hydrogen-bond acceptors (Lipinski definition) is 5. The quantitative estimate of drug-likeness (QED) is 0.504. The molecule has 6 heteroatoms. The monoisotopic (exact) mass is 412 g/mol. The van der Waals surface area contributed by atoms with Gasteiger partial charge < -0.3 is 15.0 Å². The normalized spacial score (nSPS) is 15.3. The predicted octanol–water partition coefficient (Wildman–Crippen LogP) is 4.92. The molecule has 2 aromatic heterocycles. The molecule has 1 saturated heterocycles. The Morgan fingerprint density at radius 1 is 1.16 bits per heavy atom. The molecule has 0 unspecified atom stereocenters. The number of hydrogen-bond donors (Lipinski definition) is 1. The highest BCUT2D eigenvalue weighted by Crippen LogP contribution is 2.33. The van der Waals surface area contributed by atoms with Crippen molar-refractivity contribution in [2.75, 3.05) is 32.6 Å². The van der Waals surface area contributed by atoms with Gasteiger partial charge in [-0.15, -0.1) is 0 Å². The number of anilines is 2. The SMILES string of the molecule is COc1c[c]ccc1Nc1cc2c(-c3cnn(C4CCN(C)CC4)c3)cccc2cn1. The highest BCUT2D eigenvalue weighted by Gasteiger charge is 2.19. The lowest BCUT2D eigenvalue weighted by atomic mass is 10.0. The number of nitrogens with one attached hydrogen (secondary N) is 1. The van der Waals surface area contributed by atoms with Crippen molar-refractivity contribution in [1.82, 2.24) is 19.7 Å². The molecule has 0 atom stereocenters. The Kier molecular flexibility index (Phi) is 5.30. The van der Waals surface area contributed by atoms with E-state index in [1.165, 1.54) is 0 Å². The van der Waals surface area contributed by atoms with Crippen LogP contribution < -0.4 is 10.1 Å². The van der Waals surface area contributed by atoms with Crippen LogP contribution >= 0.6 is 0 Å². The summed E-state index contributed by atoms with van der Waals surface area (Å²) in [4.78, 5) is 6.98. The van der Waals surface area contributed by atoms with Gasteiger partial charge in [-0.25, -0.2) is 4.98 Å². The van der Waals surface area contributed by atoms with Gasteiger partial charge >= 0.3 is 0 Å². The van der Waals surface area contributed by atoms with Gasteiger partial charge in [0.2, 0.25) is 0 Å². The van der Waals surface area contributed by atoms with Gasteiger partial charge in [0, 0.05) is 23.3 Å². The van der Waals surface area contributed by atoms with Crippen molar-refractivity contribution in [3.8, 4) is 16.9 Å². The van der Waals surface area contributed by atoms with E-state index >= 15 is 0 Å². The van der Waals surface area contributed by atoms with Crippen molar-refractivity contribution < 1.29 is 4.74 Å². The maximum atomic E-state index is 5.43. The molecule has 4 aromatic rings. The number of rotatable bonds is 5. The molecular weight excluding hydrogens is 386 g/mol. The molecule has 157 valence electrons. The van der Waals surface area contributed by atoms with Crippen LogP contribution in [0.15, 0.2) is 61.1 Å². The third-order valence-corrected chi connectivity index (χ3v) is 6.05. The molecule has 0 aliphatic carbocycles. The third-order valence-electron chi connectivity index (χ3n) is 6.05. The summed E-state index contributed by atoms with van der Waals surface area (Å²) in [7, 11) is 3.84. The Morgan fingerprint density at radius 3 is 2.87 bits per heavy atom. The zero-order valence-electron chi connectivity index (χ0n) is 17.9. The maximum Gasteiger partial charge on any atom is 0.142 e. The number of aromatic nitrogens is 3. The van der Waals surface area contributed by atoms with Gasteiger partial charge in [0.15, 0.2) is 0 Å². The number of nitrogens with zero attached hydrogens (tertiary/aromatic N) is 4. The number of fused-ring (bicyclic) bond motifs is 1. The molecule has 5 rings (SSSR count). The Bertz CT molecular complexity index is 1190. The first-order chi connectivity index (χ1) is 15.2. The number of methoxy groups -OCH3 is 1. The summed E-state index contributed by atoms with van der Waals surface area (Å²) >= 11 is 0. The summed E-state index contributed by atoms with van der Waals surface area (Å²) in [5.41, 5.74) is 3.16. The van der Waals surface area contributed by atoms with Crippen molar-refractivity contribution in [3.05, 3.63) is 67.1 Å². The minimum absolute atomic E-state index is 0.473. The number of benzene rings is 2. The Balaban J connectivity index is 1.47. The average Bonchev–Trinajstić information content (AvgIpc) is 3.29. The van der Waals surface area contributed by atoms with Crippen LogP contribution in [0.3, 0.4) is 0 Å². The van der Waals surface area contributed by atoms with E-state index in [4.69, 9.17) is 9.84 Å². The van der Waals surface area contributed by atoms with Crippen molar-refractivity contribution in [2.24, 2.45) is 0 Å². The van der Waals surface area contributed by atoms with Gasteiger partial charge in [-0.1, -0.05) is 24.3 Å². The van der Waals surface area contributed by atoms with E-state index in [1.54, 1.807) is 7.11 Å². The number of ether oxygens (including phenoxy) is 1. The lowest BCUT2D eigenvalue weighted by Gasteiger charge is -2.28. The van der Waals surface area contributed by atoms with E-state index in [-0.39, 0.29) is 0 Å². The fourth-order valence-corrected chi connectivity index (χ4v) is 4.25. The molecule has 1 aliphatic heterocycles. The van der Waals surface area contributed by atoms with Crippen LogP contribution in [0.4, 0.5) is 11.5 Å². The number of likely N-dealkylation sites (tertiary alicyclic amines) is 1. The van der Waals surface area contributed by atoms with Crippen LogP contribution in [-0.4, -0.2) is 46.9 Å². The molecule has 0 bridgehead atoms. The first-order valence-corrected chi connectivity index (χ1v) is 10.6. The maximum absolute atomic E-state index is 5.43. The standard InChI is InChI=1S/C25H26N5O/c1-29-12-10-20(11-13-29)30-17-19(16-27-30)21-7-5-6-18-15-26-25(14-22(18)21)28-23-8-3-4-9-24(23)31-2/h3,5-9,14-17,20H,10-13H2,1-2H3,(H,26,28). The summed E-state index contributed by atoms with van der Waals surface area (Å²) in [5.74, 6) is 1.50. The van der Waals surface area contributed by atoms with Crippen LogP contribution in [0.1, 0.15) is 18.9 Å². The van der Waals surface area contributed by atoms with E-state index in [1.807, 2.05) is 30.6 Å². The van der Waals surface area contributed by atoms with Crippen LogP contribution in [0.25, 0.3) is 21.9 Å². The minimum Gasteiger partial charge on any atom is -0.495 e. The minimum atomic E-state index is 0.473. The van der Waals surface area contributed by atoms with Crippen molar-refractivity contribution in [1.29, 1.82) is 0 Å². The molecule has 1 N–H and O–H groups in total. The molecular formula is C25H26N5O. The van der Waals surface area contributed by atoms with E-state index in [0.717, 1.165) is 65.1 Å². The Morgan fingerprint density at radius 2 is 2.03 bits per heavy atom. The fraction of sp³-hybridized carbons (Fsp3) is 0.280. The van der Waals surface area contributed by atoms with Gasteiger partial charge in [0.1, 0.15) is 11.6 Å². The molecule has 0 amide bonds. The van der Waals surface area contributed by atoms with Gasteiger partial charge in [-0.2, -0.15) is 5.10 Å². The van der Waals surface area contributed by atoms with Crippen molar-refractivity contribution >= 4 is 22.3 Å². The molecule has 2 aromatic carbocycles. The van der Waals surface area contributed by atoms with Crippen LogP contribution in [0, 0.1) is 6.07 Å². The predicted molar refractivity (Wildman–Crippen MR) is 124 cm³/mol. The second kappa shape index (κ2) is 8.40. The lowest BCUT2D eigenvalue weighted by Crippen LogP contribution is -2.31. The summed E-state index contributed by atoms with van der Waals surface area (Å²) < 4.78 is 7.58. The Labute approximate surface area is 182 Å². The van der Waals surface area contributed by atoms with Crippen molar-refractivity contribution in [2.45, 2.75) is 18.9 Å². The molecule has 0 spiro atoms. The van der Waals surface area contributed by atoms with Gasteiger partial charge in [0.05, 0.1) is 25.0 Å². The summed E-state index contributed by atoms with van der Waals surface area (Å²) in [6.07, 6.45) is 8.36. The molecule has 31 heavy (non-hydrogen) atoms. The largest absolute Gasteiger partial charge is 0.495 e. The highest BCUT2D eigenvalue weighted by molar-refractivity contribution is 5.97. The van der Waals surface area contributed by atoms with Gasteiger partial charge in [-0.05, 0) is 68.2 Å². The highest BCUT2D eigenvalue weighted by atomic mass is 16.5. The zero-order chi connectivity index (χ0) is 21.2.